The molecule has 2 aliphatic heterocycles. The van der Waals surface area contributed by atoms with Crippen LogP contribution in [0.5, 0.6) is 5.75 Å². The summed E-state index contributed by atoms with van der Waals surface area (Å²) < 4.78 is 45.4. The molecule has 2 aromatic heterocycles. The number of nitrogens with zero attached hydrogens (tertiary/aromatic N) is 3. The Kier molecular flexibility index (Phi) is 5.93. The Bertz CT molecular complexity index is 1630. The number of H-pyrrole nitrogens is 1. The number of halogens is 3. The first kappa shape index (κ1) is 25.7. The number of hydrogen-bond acceptors (Lipinski definition) is 6. The zero-order valence-electron chi connectivity index (χ0n) is 20.9. The number of hydrogen-bond donors (Lipinski definition) is 3. The lowest BCUT2D eigenvalue weighted by Crippen LogP contribution is -2.51. The molecule has 0 amide bonds. The minimum atomic E-state index is -4.45. The number of rotatable bonds is 4. The molecule has 1 saturated heterocycles. The summed E-state index contributed by atoms with van der Waals surface area (Å²) in [6, 6.07) is 11.3. The Morgan fingerprint density at radius 2 is 1.82 bits per heavy atom. The molecule has 4 aromatic rings. The number of carbonyl (C=O) groups is 2. The van der Waals surface area contributed by atoms with Gasteiger partial charge in [0.05, 0.1) is 28.1 Å². The van der Waals surface area contributed by atoms with Crippen molar-refractivity contribution in [1.29, 1.82) is 0 Å². The SMILES string of the molecule is O=C(O)c1ccc2c(c1)C(C(=O)O)CC1(CCN(c3ccc(-c4nc5cc(C(F)(F)F)ccc5[nH]4)cn3)CC1)O2. The van der Waals surface area contributed by atoms with Gasteiger partial charge in [-0.2, -0.15) is 13.2 Å². The van der Waals surface area contributed by atoms with E-state index in [1.54, 1.807) is 12.3 Å². The molecule has 0 saturated carbocycles. The summed E-state index contributed by atoms with van der Waals surface area (Å²) in [7, 11) is 0. The fraction of sp³-hybridized carbons (Fsp3) is 0.286. The molecule has 3 N–H and O–H groups in total. The van der Waals surface area contributed by atoms with Crippen molar-refractivity contribution in [2.24, 2.45) is 0 Å². The van der Waals surface area contributed by atoms with Crippen LogP contribution < -0.4 is 9.64 Å². The van der Waals surface area contributed by atoms with Crippen molar-refractivity contribution in [3.63, 3.8) is 0 Å². The minimum Gasteiger partial charge on any atom is -0.487 e. The van der Waals surface area contributed by atoms with Crippen LogP contribution in [0.15, 0.2) is 54.7 Å². The van der Waals surface area contributed by atoms with Crippen molar-refractivity contribution in [1.82, 2.24) is 15.0 Å². The Balaban J connectivity index is 1.17. The number of aliphatic carboxylic acids is 1. The van der Waals surface area contributed by atoms with Gasteiger partial charge in [0.2, 0.25) is 0 Å². The second-order valence-electron chi connectivity index (χ2n) is 10.1. The molecular weight excluding hydrogens is 529 g/mol. The largest absolute Gasteiger partial charge is 0.487 e. The number of fused-ring (bicyclic) bond motifs is 2. The van der Waals surface area contributed by atoms with Gasteiger partial charge in [0.1, 0.15) is 23.0 Å². The van der Waals surface area contributed by atoms with E-state index in [-0.39, 0.29) is 17.5 Å². The van der Waals surface area contributed by atoms with E-state index in [1.165, 1.54) is 24.3 Å². The number of pyridine rings is 1. The molecule has 1 atom stereocenters. The summed E-state index contributed by atoms with van der Waals surface area (Å²) in [4.78, 5) is 37.4. The van der Waals surface area contributed by atoms with Gasteiger partial charge in [0, 0.05) is 49.7 Å². The quantitative estimate of drug-likeness (QED) is 0.310. The van der Waals surface area contributed by atoms with Crippen LogP contribution in [0.25, 0.3) is 22.4 Å². The van der Waals surface area contributed by atoms with E-state index in [2.05, 4.69) is 19.9 Å². The third kappa shape index (κ3) is 4.59. The zero-order chi connectivity index (χ0) is 28.2. The molecule has 206 valence electrons. The number of piperidine rings is 1. The molecule has 1 fully saturated rings. The number of aromatic nitrogens is 3. The number of nitrogens with one attached hydrogen (secondary N) is 1. The first-order valence-corrected chi connectivity index (χ1v) is 12.6. The summed E-state index contributed by atoms with van der Waals surface area (Å²) in [5, 5.41) is 19.2. The van der Waals surface area contributed by atoms with Crippen molar-refractivity contribution in [3.05, 3.63) is 71.4 Å². The normalized spacial score (nSPS) is 18.4. The lowest BCUT2D eigenvalue weighted by atomic mass is 9.77. The van der Waals surface area contributed by atoms with E-state index in [1.807, 2.05) is 6.07 Å². The van der Waals surface area contributed by atoms with Crippen LogP contribution in [0.2, 0.25) is 0 Å². The number of aromatic carboxylic acids is 1. The van der Waals surface area contributed by atoms with Gasteiger partial charge in [-0.1, -0.05) is 0 Å². The van der Waals surface area contributed by atoms with Gasteiger partial charge in [-0.3, -0.25) is 4.79 Å². The molecule has 6 rings (SSSR count). The summed E-state index contributed by atoms with van der Waals surface area (Å²) in [5.41, 5.74) is 0.254. The highest BCUT2D eigenvalue weighted by Crippen LogP contribution is 2.46. The maximum absolute atomic E-state index is 13.0. The van der Waals surface area contributed by atoms with Crippen LogP contribution >= 0.6 is 0 Å². The topological polar surface area (TPSA) is 129 Å². The number of ether oxygens (including phenoxy) is 1. The lowest BCUT2D eigenvalue weighted by molar-refractivity contribution is -0.141. The van der Waals surface area contributed by atoms with Crippen molar-refractivity contribution < 1.29 is 37.7 Å². The predicted molar refractivity (Wildman–Crippen MR) is 138 cm³/mol. The molecule has 0 bridgehead atoms. The van der Waals surface area contributed by atoms with Crippen LogP contribution in [0.1, 0.15) is 46.7 Å². The van der Waals surface area contributed by atoms with Gasteiger partial charge in [-0.15, -0.1) is 0 Å². The van der Waals surface area contributed by atoms with Crippen LogP contribution in [-0.2, 0) is 11.0 Å². The third-order valence-corrected chi connectivity index (χ3v) is 7.66. The molecule has 1 unspecified atom stereocenters. The number of alkyl halides is 3. The molecule has 4 heterocycles. The highest BCUT2D eigenvalue weighted by Gasteiger charge is 2.46. The average molecular weight is 553 g/mol. The zero-order valence-corrected chi connectivity index (χ0v) is 20.9. The molecule has 2 aromatic carbocycles. The van der Waals surface area contributed by atoms with Crippen molar-refractivity contribution in [2.45, 2.75) is 37.0 Å². The molecule has 40 heavy (non-hydrogen) atoms. The fourth-order valence-corrected chi connectivity index (χ4v) is 5.51. The average Bonchev–Trinajstić information content (AvgIpc) is 3.36. The second kappa shape index (κ2) is 9.25. The maximum Gasteiger partial charge on any atom is 0.416 e. The number of aromatic amines is 1. The summed E-state index contributed by atoms with van der Waals surface area (Å²) in [6.45, 7) is 1.12. The highest BCUT2D eigenvalue weighted by molar-refractivity contribution is 5.89. The number of carboxylic acid groups (broad SMARTS) is 2. The molecular formula is C28H23F3N4O5. The maximum atomic E-state index is 13.0. The number of benzene rings is 2. The van der Waals surface area contributed by atoms with Crippen molar-refractivity contribution in [3.8, 4) is 17.1 Å². The van der Waals surface area contributed by atoms with Crippen LogP contribution in [-0.4, -0.2) is 55.8 Å². The van der Waals surface area contributed by atoms with E-state index in [0.717, 1.165) is 12.1 Å². The van der Waals surface area contributed by atoms with Crippen LogP contribution in [0, 0.1) is 0 Å². The van der Waals surface area contributed by atoms with Crippen LogP contribution in [0.4, 0.5) is 19.0 Å². The molecule has 12 heteroatoms. The van der Waals surface area contributed by atoms with Gasteiger partial charge in [-0.05, 0) is 48.5 Å². The Morgan fingerprint density at radius 3 is 2.48 bits per heavy atom. The number of carboxylic acids is 2. The lowest BCUT2D eigenvalue weighted by Gasteiger charge is -2.46. The van der Waals surface area contributed by atoms with Gasteiger partial charge >= 0.3 is 18.1 Å². The first-order valence-electron chi connectivity index (χ1n) is 12.6. The molecule has 1 spiro atoms. The van der Waals surface area contributed by atoms with E-state index in [0.29, 0.717) is 60.0 Å². The van der Waals surface area contributed by atoms with Crippen LogP contribution in [0.3, 0.4) is 0 Å². The first-order chi connectivity index (χ1) is 19.0. The van der Waals surface area contributed by atoms with Gasteiger partial charge in [0.25, 0.3) is 0 Å². The molecule has 0 radical (unpaired) electrons. The molecule has 2 aliphatic rings. The van der Waals surface area contributed by atoms with Gasteiger partial charge in [-0.25, -0.2) is 14.8 Å². The number of imidazole rings is 1. The minimum absolute atomic E-state index is 0.0163. The van der Waals surface area contributed by atoms with E-state index in [4.69, 9.17) is 4.74 Å². The monoisotopic (exact) mass is 552 g/mol. The molecule has 0 aliphatic carbocycles. The summed E-state index contributed by atoms with van der Waals surface area (Å²) in [6.07, 6.45) is -1.51. The second-order valence-corrected chi connectivity index (χ2v) is 10.1. The Labute approximate surface area is 225 Å². The summed E-state index contributed by atoms with van der Waals surface area (Å²) >= 11 is 0. The summed E-state index contributed by atoms with van der Waals surface area (Å²) in [5.74, 6) is -1.52. The van der Waals surface area contributed by atoms with Crippen molar-refractivity contribution in [2.75, 3.05) is 18.0 Å². The van der Waals surface area contributed by atoms with E-state index in [9.17, 15) is 33.0 Å². The number of anilines is 1. The van der Waals surface area contributed by atoms with Gasteiger partial charge in [0.15, 0.2) is 0 Å². The van der Waals surface area contributed by atoms with E-state index >= 15 is 0 Å². The standard InChI is InChI=1S/C28H23F3N4O5/c29-28(30,31)17-3-4-20-21(12-17)34-24(33-20)16-2-6-23(32-14-16)35-9-7-27(8-10-35)13-19(26(38)39)18-11-15(25(36)37)1-5-22(18)40-27/h1-6,11-12,14,19H,7-10,13H2,(H,33,34)(H,36,37)(H,38,39). The Morgan fingerprint density at radius 1 is 1.05 bits per heavy atom. The third-order valence-electron chi connectivity index (χ3n) is 7.66. The van der Waals surface area contributed by atoms with Gasteiger partial charge < -0.3 is 24.8 Å². The predicted octanol–water partition coefficient (Wildman–Crippen LogP) is 5.33. The molecule has 9 nitrogen and oxygen atoms in total. The van der Waals surface area contributed by atoms with E-state index < -0.39 is 35.2 Å². The van der Waals surface area contributed by atoms with Crippen molar-refractivity contribution >= 4 is 28.8 Å². The fourth-order valence-electron chi connectivity index (χ4n) is 5.51. The smallest absolute Gasteiger partial charge is 0.416 e. The highest BCUT2D eigenvalue weighted by atomic mass is 19.4. The Hall–Kier alpha value is -4.61.